The van der Waals surface area contributed by atoms with Gasteiger partial charge in [0.1, 0.15) is 5.82 Å². The Hall–Kier alpha value is -0.670. The standard InChI is InChI=1S/C10H11BrFN/c1-13-6-2-3-8-4-5-9(12)7-10(8)11/h2-5,7,13H,6H2,1H3. The molecular weight excluding hydrogens is 233 g/mol. The molecule has 70 valence electrons. The van der Waals surface area contributed by atoms with E-state index in [0.717, 1.165) is 16.6 Å². The maximum atomic E-state index is 12.7. The largest absolute Gasteiger partial charge is 0.316 e. The van der Waals surface area contributed by atoms with Gasteiger partial charge >= 0.3 is 0 Å². The number of benzene rings is 1. The lowest BCUT2D eigenvalue weighted by atomic mass is 10.2. The number of halogens is 2. The summed E-state index contributed by atoms with van der Waals surface area (Å²) in [5.74, 6) is -0.224. The van der Waals surface area contributed by atoms with Gasteiger partial charge in [-0.2, -0.15) is 0 Å². The van der Waals surface area contributed by atoms with Crippen LogP contribution >= 0.6 is 15.9 Å². The summed E-state index contributed by atoms with van der Waals surface area (Å²) in [5, 5.41) is 2.99. The Balaban J connectivity index is 2.77. The molecule has 1 rings (SSSR count). The summed E-state index contributed by atoms with van der Waals surface area (Å²) in [7, 11) is 1.88. The highest BCUT2D eigenvalue weighted by atomic mass is 79.9. The van der Waals surface area contributed by atoms with Gasteiger partial charge in [0.25, 0.3) is 0 Å². The molecule has 0 spiro atoms. The van der Waals surface area contributed by atoms with Crippen LogP contribution in [-0.2, 0) is 0 Å². The normalized spacial score (nSPS) is 11.0. The molecule has 0 fully saturated rings. The van der Waals surface area contributed by atoms with Gasteiger partial charge in [0, 0.05) is 11.0 Å². The highest BCUT2D eigenvalue weighted by molar-refractivity contribution is 9.10. The predicted molar refractivity (Wildman–Crippen MR) is 57.1 cm³/mol. The van der Waals surface area contributed by atoms with Crippen LogP contribution in [0.2, 0.25) is 0 Å². The molecule has 1 aromatic carbocycles. The summed E-state index contributed by atoms with van der Waals surface area (Å²) in [6, 6.07) is 4.65. The van der Waals surface area contributed by atoms with Gasteiger partial charge in [0.2, 0.25) is 0 Å². The molecular formula is C10H11BrFN. The molecule has 0 atom stereocenters. The van der Waals surface area contributed by atoms with Gasteiger partial charge in [-0.25, -0.2) is 4.39 Å². The fourth-order valence-corrected chi connectivity index (χ4v) is 1.42. The maximum Gasteiger partial charge on any atom is 0.124 e. The molecule has 13 heavy (non-hydrogen) atoms. The predicted octanol–water partition coefficient (Wildman–Crippen LogP) is 2.82. The number of likely N-dealkylation sites (N-methyl/N-ethyl adjacent to an activating group) is 1. The van der Waals surface area contributed by atoms with E-state index in [1.807, 2.05) is 19.2 Å². The topological polar surface area (TPSA) is 12.0 Å². The molecule has 0 bridgehead atoms. The Labute approximate surface area is 85.8 Å². The lowest BCUT2D eigenvalue weighted by molar-refractivity contribution is 0.627. The number of nitrogens with one attached hydrogen (secondary N) is 1. The van der Waals surface area contributed by atoms with Gasteiger partial charge in [-0.1, -0.05) is 34.1 Å². The van der Waals surface area contributed by atoms with Gasteiger partial charge in [0.05, 0.1) is 0 Å². The van der Waals surface area contributed by atoms with E-state index < -0.39 is 0 Å². The van der Waals surface area contributed by atoms with Crippen molar-refractivity contribution in [1.29, 1.82) is 0 Å². The Morgan fingerprint density at radius 2 is 2.31 bits per heavy atom. The third kappa shape index (κ3) is 3.28. The van der Waals surface area contributed by atoms with E-state index in [4.69, 9.17) is 0 Å². The minimum absolute atomic E-state index is 0.224. The smallest absolute Gasteiger partial charge is 0.124 e. The SMILES string of the molecule is CNCC=Cc1ccc(F)cc1Br. The van der Waals surface area contributed by atoms with Crippen LogP contribution in [0.3, 0.4) is 0 Å². The third-order valence-corrected chi connectivity index (χ3v) is 2.27. The monoisotopic (exact) mass is 243 g/mol. The van der Waals surface area contributed by atoms with E-state index in [1.165, 1.54) is 12.1 Å². The fraction of sp³-hybridized carbons (Fsp3) is 0.200. The van der Waals surface area contributed by atoms with E-state index in [-0.39, 0.29) is 5.82 Å². The first-order valence-corrected chi connectivity index (χ1v) is 4.79. The molecule has 0 aliphatic carbocycles. The first kappa shape index (κ1) is 10.4. The van der Waals surface area contributed by atoms with Crippen LogP contribution in [0.4, 0.5) is 4.39 Å². The average molecular weight is 244 g/mol. The van der Waals surface area contributed by atoms with Crippen molar-refractivity contribution >= 4 is 22.0 Å². The molecule has 0 amide bonds. The van der Waals surface area contributed by atoms with E-state index in [0.29, 0.717) is 0 Å². The van der Waals surface area contributed by atoms with Crippen molar-refractivity contribution in [2.75, 3.05) is 13.6 Å². The minimum atomic E-state index is -0.224. The second-order valence-electron chi connectivity index (χ2n) is 2.63. The van der Waals surface area contributed by atoms with Gasteiger partial charge in [-0.15, -0.1) is 0 Å². The molecule has 0 unspecified atom stereocenters. The quantitative estimate of drug-likeness (QED) is 0.862. The van der Waals surface area contributed by atoms with Crippen LogP contribution in [0.15, 0.2) is 28.7 Å². The Bertz CT molecular complexity index is 310. The van der Waals surface area contributed by atoms with Gasteiger partial charge in [0.15, 0.2) is 0 Å². The van der Waals surface area contributed by atoms with Crippen LogP contribution in [0.1, 0.15) is 5.56 Å². The molecule has 0 aromatic heterocycles. The lowest BCUT2D eigenvalue weighted by Crippen LogP contribution is -2.03. The van der Waals surface area contributed by atoms with Crippen LogP contribution in [0.5, 0.6) is 0 Å². The van der Waals surface area contributed by atoms with Crippen molar-refractivity contribution in [2.24, 2.45) is 0 Å². The van der Waals surface area contributed by atoms with Crippen molar-refractivity contribution in [1.82, 2.24) is 5.32 Å². The second kappa shape index (κ2) is 5.14. The highest BCUT2D eigenvalue weighted by Gasteiger charge is 1.96. The van der Waals surface area contributed by atoms with E-state index in [2.05, 4.69) is 21.2 Å². The number of rotatable bonds is 3. The highest BCUT2D eigenvalue weighted by Crippen LogP contribution is 2.18. The molecule has 3 heteroatoms. The van der Waals surface area contributed by atoms with Gasteiger partial charge in [-0.3, -0.25) is 0 Å². The van der Waals surface area contributed by atoms with E-state index in [9.17, 15) is 4.39 Å². The molecule has 0 aliphatic rings. The summed E-state index contributed by atoms with van der Waals surface area (Å²) in [5.41, 5.74) is 0.983. The van der Waals surface area contributed by atoms with Crippen LogP contribution in [-0.4, -0.2) is 13.6 Å². The van der Waals surface area contributed by atoms with Crippen molar-refractivity contribution in [2.45, 2.75) is 0 Å². The minimum Gasteiger partial charge on any atom is -0.316 e. The average Bonchev–Trinajstić information content (AvgIpc) is 2.09. The van der Waals surface area contributed by atoms with Crippen molar-refractivity contribution < 1.29 is 4.39 Å². The zero-order valence-electron chi connectivity index (χ0n) is 7.35. The second-order valence-corrected chi connectivity index (χ2v) is 3.48. The molecule has 0 saturated carbocycles. The Morgan fingerprint density at radius 3 is 2.92 bits per heavy atom. The van der Waals surface area contributed by atoms with Gasteiger partial charge in [-0.05, 0) is 24.7 Å². The van der Waals surface area contributed by atoms with Crippen molar-refractivity contribution in [3.05, 3.63) is 40.1 Å². The summed E-state index contributed by atoms with van der Waals surface area (Å²) in [6.07, 6.45) is 3.93. The number of hydrogen-bond acceptors (Lipinski definition) is 1. The van der Waals surface area contributed by atoms with Crippen LogP contribution < -0.4 is 5.32 Å². The first-order valence-electron chi connectivity index (χ1n) is 4.00. The molecule has 0 heterocycles. The maximum absolute atomic E-state index is 12.7. The van der Waals surface area contributed by atoms with Crippen LogP contribution in [0.25, 0.3) is 6.08 Å². The molecule has 1 N–H and O–H groups in total. The number of hydrogen-bond donors (Lipinski definition) is 1. The lowest BCUT2D eigenvalue weighted by Gasteiger charge is -1.97. The third-order valence-electron chi connectivity index (χ3n) is 1.58. The molecule has 0 saturated heterocycles. The first-order chi connectivity index (χ1) is 6.24. The molecule has 0 radical (unpaired) electrons. The summed E-state index contributed by atoms with van der Waals surface area (Å²) >= 11 is 3.29. The molecule has 1 aromatic rings. The Kier molecular flexibility index (Phi) is 4.12. The van der Waals surface area contributed by atoms with E-state index in [1.54, 1.807) is 6.07 Å². The molecule has 1 nitrogen and oxygen atoms in total. The van der Waals surface area contributed by atoms with E-state index >= 15 is 0 Å². The zero-order valence-corrected chi connectivity index (χ0v) is 8.94. The summed E-state index contributed by atoms with van der Waals surface area (Å²) in [6.45, 7) is 0.809. The zero-order chi connectivity index (χ0) is 9.68. The Morgan fingerprint density at radius 1 is 1.54 bits per heavy atom. The summed E-state index contributed by atoms with van der Waals surface area (Å²) < 4.78 is 13.4. The van der Waals surface area contributed by atoms with Gasteiger partial charge < -0.3 is 5.32 Å². The fourth-order valence-electron chi connectivity index (χ4n) is 0.940. The van der Waals surface area contributed by atoms with Crippen molar-refractivity contribution in [3.8, 4) is 0 Å². The van der Waals surface area contributed by atoms with Crippen LogP contribution in [0, 0.1) is 5.82 Å². The van der Waals surface area contributed by atoms with Crippen molar-refractivity contribution in [3.63, 3.8) is 0 Å². The summed E-state index contributed by atoms with van der Waals surface area (Å²) in [4.78, 5) is 0. The molecule has 0 aliphatic heterocycles.